The second-order valence-corrected chi connectivity index (χ2v) is 3.99. The first-order valence-electron chi connectivity index (χ1n) is 4.41. The van der Waals surface area contributed by atoms with Crippen molar-refractivity contribution in [3.05, 3.63) is 46.2 Å². The third-order valence-electron chi connectivity index (χ3n) is 2.16. The molecular weight excluding hydrogens is 188 g/mol. The van der Waals surface area contributed by atoms with Crippen LogP contribution in [0.15, 0.2) is 35.0 Å². The van der Waals surface area contributed by atoms with E-state index >= 15 is 0 Å². The summed E-state index contributed by atoms with van der Waals surface area (Å²) in [4.78, 5) is 0. The van der Waals surface area contributed by atoms with Crippen LogP contribution in [0.2, 0.25) is 0 Å². The number of hydrogen-bond donors (Lipinski definition) is 0. The molecule has 2 rings (SSSR count). The average Bonchev–Trinajstić information content (AvgIpc) is 2.70. The molecule has 0 aliphatic heterocycles. The summed E-state index contributed by atoms with van der Waals surface area (Å²) < 4.78 is 0. The Hall–Kier alpha value is -1.52. The number of benzene rings is 1. The van der Waals surface area contributed by atoms with Crippen LogP contribution >= 0.6 is 11.3 Å². The van der Waals surface area contributed by atoms with Crippen molar-refractivity contribution in [1.82, 2.24) is 0 Å². The van der Waals surface area contributed by atoms with Gasteiger partial charge in [0.05, 0.1) is 0 Å². The number of aryl methyl sites for hydroxylation is 1. The van der Waals surface area contributed by atoms with Gasteiger partial charge in [-0.05, 0) is 46.5 Å². The highest BCUT2D eigenvalue weighted by atomic mass is 32.1. The molecule has 14 heavy (non-hydrogen) atoms. The zero-order valence-electron chi connectivity index (χ0n) is 7.95. The molecule has 0 nitrogen and oxygen atoms in total. The van der Waals surface area contributed by atoms with Gasteiger partial charge in [-0.25, -0.2) is 0 Å². The summed E-state index contributed by atoms with van der Waals surface area (Å²) in [5.74, 6) is 2.73. The highest BCUT2D eigenvalue weighted by molar-refractivity contribution is 7.08. The Morgan fingerprint density at radius 3 is 2.79 bits per heavy atom. The van der Waals surface area contributed by atoms with Crippen LogP contribution in [0.5, 0.6) is 0 Å². The van der Waals surface area contributed by atoms with Crippen LogP contribution in [0.3, 0.4) is 0 Å². The largest absolute Gasteiger partial charge is 0.152 e. The van der Waals surface area contributed by atoms with Crippen LogP contribution in [-0.4, -0.2) is 0 Å². The van der Waals surface area contributed by atoms with Crippen LogP contribution in [0, 0.1) is 19.3 Å². The van der Waals surface area contributed by atoms with Gasteiger partial charge < -0.3 is 0 Å². The molecule has 1 aromatic carbocycles. The van der Waals surface area contributed by atoms with Gasteiger partial charge in [0.2, 0.25) is 0 Å². The van der Waals surface area contributed by atoms with Crippen LogP contribution in [0.4, 0.5) is 0 Å². The van der Waals surface area contributed by atoms with Crippen molar-refractivity contribution in [2.75, 3.05) is 0 Å². The predicted molar refractivity (Wildman–Crippen MR) is 62.4 cm³/mol. The molecule has 68 valence electrons. The second-order valence-electron chi connectivity index (χ2n) is 3.21. The summed E-state index contributed by atoms with van der Waals surface area (Å²) in [6.45, 7) is 2.05. The SMILES string of the molecule is C#Cc1cc(C)ccc1-c1ccsc1. The van der Waals surface area contributed by atoms with E-state index in [2.05, 4.69) is 41.8 Å². The molecule has 0 unspecified atom stereocenters. The zero-order valence-corrected chi connectivity index (χ0v) is 8.77. The molecule has 0 saturated carbocycles. The highest BCUT2D eigenvalue weighted by Gasteiger charge is 2.03. The standard InChI is InChI=1S/C13H10S/c1-3-11-8-10(2)4-5-13(11)12-6-7-14-9-12/h1,4-9H,2H3. The van der Waals surface area contributed by atoms with Crippen molar-refractivity contribution in [1.29, 1.82) is 0 Å². The van der Waals surface area contributed by atoms with Crippen molar-refractivity contribution in [2.24, 2.45) is 0 Å². The van der Waals surface area contributed by atoms with Gasteiger partial charge in [-0.2, -0.15) is 11.3 Å². The summed E-state index contributed by atoms with van der Waals surface area (Å²) in [5, 5.41) is 4.18. The molecule has 0 aliphatic carbocycles. The van der Waals surface area contributed by atoms with Crippen molar-refractivity contribution >= 4 is 11.3 Å². The Morgan fingerprint density at radius 1 is 1.29 bits per heavy atom. The Morgan fingerprint density at radius 2 is 2.14 bits per heavy atom. The van der Waals surface area contributed by atoms with E-state index in [1.165, 1.54) is 11.1 Å². The van der Waals surface area contributed by atoms with Crippen LogP contribution < -0.4 is 0 Å². The van der Waals surface area contributed by atoms with Crippen LogP contribution in [0.1, 0.15) is 11.1 Å². The minimum Gasteiger partial charge on any atom is -0.152 e. The Kier molecular flexibility index (Phi) is 2.39. The fourth-order valence-corrected chi connectivity index (χ4v) is 2.10. The van der Waals surface area contributed by atoms with Crippen LogP contribution in [0.25, 0.3) is 11.1 Å². The van der Waals surface area contributed by atoms with Gasteiger partial charge in [-0.3, -0.25) is 0 Å². The van der Waals surface area contributed by atoms with E-state index in [0.717, 1.165) is 11.1 Å². The Bertz CT molecular complexity index is 472. The molecule has 0 saturated heterocycles. The molecule has 0 radical (unpaired) electrons. The second kappa shape index (κ2) is 3.69. The minimum absolute atomic E-state index is 0.975. The van der Waals surface area contributed by atoms with Crippen molar-refractivity contribution in [2.45, 2.75) is 6.92 Å². The van der Waals surface area contributed by atoms with Gasteiger partial charge in [-0.1, -0.05) is 18.1 Å². The van der Waals surface area contributed by atoms with E-state index in [-0.39, 0.29) is 0 Å². The number of terminal acetylenes is 1. The van der Waals surface area contributed by atoms with E-state index in [9.17, 15) is 0 Å². The number of rotatable bonds is 1. The number of hydrogen-bond acceptors (Lipinski definition) is 1. The number of thiophene rings is 1. The van der Waals surface area contributed by atoms with Crippen LogP contribution in [-0.2, 0) is 0 Å². The van der Waals surface area contributed by atoms with E-state index in [1.807, 2.05) is 6.07 Å². The maximum Gasteiger partial charge on any atom is 0.0323 e. The maximum atomic E-state index is 5.48. The molecule has 0 fully saturated rings. The lowest BCUT2D eigenvalue weighted by molar-refractivity contribution is 1.45. The fraction of sp³-hybridized carbons (Fsp3) is 0.0769. The van der Waals surface area contributed by atoms with Crippen molar-refractivity contribution in [3.8, 4) is 23.5 Å². The third-order valence-corrected chi connectivity index (χ3v) is 2.85. The summed E-state index contributed by atoms with van der Waals surface area (Å²) >= 11 is 1.69. The summed E-state index contributed by atoms with van der Waals surface area (Å²) in [6.07, 6.45) is 5.48. The predicted octanol–water partition coefficient (Wildman–Crippen LogP) is 3.70. The van der Waals surface area contributed by atoms with E-state index < -0.39 is 0 Å². The first kappa shape index (κ1) is 9.05. The summed E-state index contributed by atoms with van der Waals surface area (Å²) in [5.41, 5.74) is 4.54. The van der Waals surface area contributed by atoms with Crippen molar-refractivity contribution in [3.63, 3.8) is 0 Å². The quantitative estimate of drug-likeness (QED) is 0.613. The third kappa shape index (κ3) is 1.57. The van der Waals surface area contributed by atoms with Gasteiger partial charge in [-0.15, -0.1) is 6.42 Å². The molecular formula is C13H10S. The molecule has 0 amide bonds. The lowest BCUT2D eigenvalue weighted by atomic mass is 10.0. The molecule has 0 bridgehead atoms. The van der Waals surface area contributed by atoms with Gasteiger partial charge in [0.1, 0.15) is 0 Å². The fourth-order valence-electron chi connectivity index (χ4n) is 1.45. The lowest BCUT2D eigenvalue weighted by Crippen LogP contribution is -1.83. The molecule has 0 spiro atoms. The molecule has 0 N–H and O–H groups in total. The lowest BCUT2D eigenvalue weighted by Gasteiger charge is -2.03. The molecule has 0 aliphatic rings. The first-order valence-corrected chi connectivity index (χ1v) is 5.35. The molecule has 1 aromatic heterocycles. The molecule has 2 aromatic rings. The zero-order chi connectivity index (χ0) is 9.97. The Labute approximate surface area is 88.2 Å². The van der Waals surface area contributed by atoms with Gasteiger partial charge >= 0.3 is 0 Å². The van der Waals surface area contributed by atoms with Gasteiger partial charge in [0.25, 0.3) is 0 Å². The topological polar surface area (TPSA) is 0 Å². The van der Waals surface area contributed by atoms with E-state index in [0.29, 0.717) is 0 Å². The normalized spacial score (nSPS) is 9.71. The average molecular weight is 198 g/mol. The molecule has 1 heteroatoms. The Balaban J connectivity index is 2.60. The monoisotopic (exact) mass is 198 g/mol. The summed E-state index contributed by atoms with van der Waals surface area (Å²) in [7, 11) is 0. The maximum absolute atomic E-state index is 5.48. The van der Waals surface area contributed by atoms with E-state index in [1.54, 1.807) is 11.3 Å². The minimum atomic E-state index is 0.975. The smallest absolute Gasteiger partial charge is 0.0323 e. The van der Waals surface area contributed by atoms with Crippen molar-refractivity contribution < 1.29 is 0 Å². The van der Waals surface area contributed by atoms with Gasteiger partial charge in [0, 0.05) is 5.56 Å². The van der Waals surface area contributed by atoms with E-state index in [4.69, 9.17) is 6.42 Å². The summed E-state index contributed by atoms with van der Waals surface area (Å²) in [6, 6.07) is 8.32. The first-order chi connectivity index (χ1) is 6.81. The molecule has 1 heterocycles. The molecule has 0 atom stereocenters. The van der Waals surface area contributed by atoms with Gasteiger partial charge in [0.15, 0.2) is 0 Å². The highest BCUT2D eigenvalue weighted by Crippen LogP contribution is 2.26.